The van der Waals surface area contributed by atoms with Crippen LogP contribution in [-0.4, -0.2) is 94.2 Å². The molecule has 2 fully saturated rings. The van der Waals surface area contributed by atoms with E-state index < -0.39 is 12.7 Å². The number of carbonyl (C=O) groups is 1. The maximum absolute atomic E-state index is 14.4. The van der Waals surface area contributed by atoms with Crippen molar-refractivity contribution in [2.75, 3.05) is 58.2 Å². The minimum absolute atomic E-state index is 0.0817. The third-order valence-electron chi connectivity index (χ3n) is 9.38. The summed E-state index contributed by atoms with van der Waals surface area (Å²) in [5.41, 5.74) is 4.57. The molecule has 1 atom stereocenters. The first-order valence-corrected chi connectivity index (χ1v) is 15.7. The number of carbonyl (C=O) groups excluding carboxylic acids is 1. The molecule has 2 aromatic heterocycles. The van der Waals surface area contributed by atoms with Crippen molar-refractivity contribution in [3.8, 4) is 11.8 Å². The van der Waals surface area contributed by atoms with E-state index in [0.717, 1.165) is 29.5 Å². The number of nitriles is 1. The van der Waals surface area contributed by atoms with E-state index in [2.05, 4.69) is 32.3 Å². The molecular weight excluding hydrogens is 597 g/mol. The zero-order valence-electron chi connectivity index (χ0n) is 26.4. The highest BCUT2D eigenvalue weighted by molar-refractivity contribution is 5.99. The highest BCUT2D eigenvalue weighted by Crippen LogP contribution is 2.55. The Kier molecular flexibility index (Phi) is 8.69. The topological polar surface area (TPSA) is 103 Å². The summed E-state index contributed by atoms with van der Waals surface area (Å²) in [5, 5.41) is 12.6. The zero-order valence-corrected chi connectivity index (χ0v) is 26.4. The zero-order chi connectivity index (χ0) is 32.6. The van der Waals surface area contributed by atoms with Gasteiger partial charge < -0.3 is 19.5 Å². The van der Waals surface area contributed by atoms with Crippen molar-refractivity contribution in [1.29, 1.82) is 5.26 Å². The number of imidazole rings is 1. The molecule has 6 rings (SSSR count). The molecule has 4 heterocycles. The van der Waals surface area contributed by atoms with Crippen LogP contribution in [0.15, 0.2) is 36.8 Å². The molecule has 0 unspecified atom stereocenters. The Morgan fingerprint density at radius 2 is 1.85 bits per heavy atom. The van der Waals surface area contributed by atoms with Crippen LogP contribution in [0.1, 0.15) is 71.0 Å². The summed E-state index contributed by atoms with van der Waals surface area (Å²) in [7, 11) is 1.81. The molecule has 2 aliphatic heterocycles. The Bertz CT molecular complexity index is 1640. The van der Waals surface area contributed by atoms with Crippen molar-refractivity contribution >= 4 is 11.9 Å². The summed E-state index contributed by atoms with van der Waals surface area (Å²) in [4.78, 5) is 28.9. The Hall–Kier alpha value is -4.15. The van der Waals surface area contributed by atoms with Gasteiger partial charge in [-0.15, -0.1) is 0 Å². The van der Waals surface area contributed by atoms with Crippen LogP contribution in [0.5, 0.6) is 5.75 Å². The minimum atomic E-state index is -4.21. The fraction of sp³-hybridized carbons (Fsp3) is 0.515. The number of ether oxygens (including phenoxy) is 1. The summed E-state index contributed by atoms with van der Waals surface area (Å²) in [6.07, 6.45) is 2.78. The van der Waals surface area contributed by atoms with Crippen molar-refractivity contribution in [1.82, 2.24) is 29.2 Å². The van der Waals surface area contributed by atoms with Crippen molar-refractivity contribution < 1.29 is 22.7 Å². The van der Waals surface area contributed by atoms with Crippen molar-refractivity contribution in [2.45, 2.75) is 57.4 Å². The van der Waals surface area contributed by atoms with Gasteiger partial charge in [0, 0.05) is 82.0 Å². The van der Waals surface area contributed by atoms with Crippen LogP contribution < -0.4 is 10.1 Å². The summed E-state index contributed by atoms with van der Waals surface area (Å²) in [6.45, 7) is 6.68. The van der Waals surface area contributed by atoms with Gasteiger partial charge in [0.1, 0.15) is 17.4 Å². The number of rotatable bonds is 10. The molecule has 1 saturated carbocycles. The molecular formula is C33H39F3N8O2. The van der Waals surface area contributed by atoms with E-state index in [9.17, 15) is 23.2 Å². The van der Waals surface area contributed by atoms with Crippen LogP contribution in [0.2, 0.25) is 0 Å². The number of hydrogen-bond acceptors (Lipinski definition) is 8. The first-order chi connectivity index (χ1) is 22.0. The third kappa shape index (κ3) is 6.41. The molecule has 1 amide bonds. The van der Waals surface area contributed by atoms with Gasteiger partial charge in [0.25, 0.3) is 5.91 Å². The van der Waals surface area contributed by atoms with Gasteiger partial charge in [0.15, 0.2) is 0 Å². The number of nitrogens with one attached hydrogen (secondary N) is 1. The summed E-state index contributed by atoms with van der Waals surface area (Å²) in [5.74, 6) is 1.08. The van der Waals surface area contributed by atoms with E-state index >= 15 is 0 Å². The van der Waals surface area contributed by atoms with E-state index in [-0.39, 0.29) is 17.4 Å². The number of fused-ring (bicyclic) bond motifs is 2. The molecule has 10 nitrogen and oxygen atoms in total. The van der Waals surface area contributed by atoms with E-state index in [1.807, 2.05) is 42.6 Å². The van der Waals surface area contributed by atoms with E-state index in [1.54, 1.807) is 12.3 Å². The van der Waals surface area contributed by atoms with Gasteiger partial charge in [0.05, 0.1) is 31.4 Å². The lowest BCUT2D eigenvalue weighted by Gasteiger charge is -2.41. The average Bonchev–Trinajstić information content (AvgIpc) is 3.65. The fourth-order valence-electron chi connectivity index (χ4n) is 6.94. The van der Waals surface area contributed by atoms with Gasteiger partial charge in [-0.05, 0) is 49.4 Å². The van der Waals surface area contributed by atoms with Gasteiger partial charge in [-0.3, -0.25) is 19.6 Å². The number of benzene rings is 1. The molecule has 1 N–H and O–H groups in total. The first kappa shape index (κ1) is 31.8. The number of alkyl halides is 3. The van der Waals surface area contributed by atoms with Gasteiger partial charge in [-0.2, -0.15) is 18.4 Å². The Labute approximate surface area is 266 Å². The van der Waals surface area contributed by atoms with E-state index in [4.69, 9.17) is 4.74 Å². The second-order valence-electron chi connectivity index (χ2n) is 12.5. The van der Waals surface area contributed by atoms with Crippen LogP contribution in [0.25, 0.3) is 0 Å². The van der Waals surface area contributed by atoms with Gasteiger partial charge >= 0.3 is 6.18 Å². The smallest absolute Gasteiger partial charge is 0.401 e. The predicted molar refractivity (Wildman–Crippen MR) is 166 cm³/mol. The summed E-state index contributed by atoms with van der Waals surface area (Å²) >= 11 is 0. The SMILES string of the molecule is CCOc1cc([C@H](C)N2CC3(CC3)c3c(CN4CCN(CC(F)(F)F)CC4)cc(Cn4ccnc4NC)cc3C2=O)ncc1C#N. The highest BCUT2D eigenvalue weighted by Gasteiger charge is 2.53. The van der Waals surface area contributed by atoms with E-state index in [1.165, 1.54) is 11.1 Å². The average molecular weight is 637 g/mol. The summed E-state index contributed by atoms with van der Waals surface area (Å²) < 4.78 is 46.7. The molecule has 0 radical (unpaired) electrons. The molecule has 3 aliphatic rings. The van der Waals surface area contributed by atoms with Crippen molar-refractivity contribution in [3.05, 3.63) is 70.3 Å². The molecule has 1 aliphatic carbocycles. The second-order valence-corrected chi connectivity index (χ2v) is 12.5. The molecule has 3 aromatic rings. The molecule has 244 valence electrons. The quantitative estimate of drug-likeness (QED) is 0.346. The Morgan fingerprint density at radius 3 is 2.50 bits per heavy atom. The number of hydrogen-bond donors (Lipinski definition) is 1. The van der Waals surface area contributed by atoms with Crippen LogP contribution in [0.3, 0.4) is 0 Å². The Balaban J connectivity index is 1.34. The number of piperazine rings is 1. The number of pyridine rings is 1. The normalized spacial score (nSPS) is 18.7. The number of aromatic nitrogens is 3. The van der Waals surface area contributed by atoms with Crippen LogP contribution in [0.4, 0.5) is 19.1 Å². The minimum Gasteiger partial charge on any atom is -0.492 e. The number of nitrogens with zero attached hydrogens (tertiary/aromatic N) is 7. The number of anilines is 1. The van der Waals surface area contributed by atoms with Crippen LogP contribution in [0, 0.1) is 11.3 Å². The number of halogens is 3. The highest BCUT2D eigenvalue weighted by atomic mass is 19.4. The fourth-order valence-corrected chi connectivity index (χ4v) is 6.94. The first-order valence-electron chi connectivity index (χ1n) is 15.7. The standard InChI is InChI=1S/C33H39F3N8O2/c1-4-46-28-15-27(40-17-25(28)16-37)22(2)44-20-32(5-6-32)29-24(19-41-9-11-42(12-10-41)21-33(34,35)36)13-23(14-26(29)30(44)45)18-43-8-7-39-31(43)38-3/h7-8,13-15,17,22H,4-6,9-12,18-21H2,1-3H3,(H,38,39)/t22-/m0/s1. The largest absolute Gasteiger partial charge is 0.492 e. The molecule has 46 heavy (non-hydrogen) atoms. The van der Waals surface area contributed by atoms with Crippen LogP contribution in [-0.2, 0) is 18.5 Å². The maximum atomic E-state index is 14.4. The number of amides is 1. The lowest BCUT2D eigenvalue weighted by molar-refractivity contribution is -0.149. The molecule has 1 aromatic carbocycles. The molecule has 1 spiro atoms. The third-order valence-corrected chi connectivity index (χ3v) is 9.38. The van der Waals surface area contributed by atoms with Crippen molar-refractivity contribution in [2.24, 2.45) is 0 Å². The van der Waals surface area contributed by atoms with Gasteiger partial charge in [-0.25, -0.2) is 4.98 Å². The van der Waals surface area contributed by atoms with Gasteiger partial charge in [0.2, 0.25) is 5.95 Å². The monoisotopic (exact) mass is 636 g/mol. The predicted octanol–water partition coefficient (Wildman–Crippen LogP) is 4.57. The van der Waals surface area contributed by atoms with E-state index in [0.29, 0.717) is 80.9 Å². The van der Waals surface area contributed by atoms with Crippen molar-refractivity contribution in [3.63, 3.8) is 0 Å². The molecule has 0 bridgehead atoms. The molecule has 1 saturated heterocycles. The van der Waals surface area contributed by atoms with Gasteiger partial charge in [-0.1, -0.05) is 6.07 Å². The summed E-state index contributed by atoms with van der Waals surface area (Å²) in [6, 6.07) is 7.69. The Morgan fingerprint density at radius 1 is 1.11 bits per heavy atom. The lowest BCUT2D eigenvalue weighted by Crippen LogP contribution is -2.49. The lowest BCUT2D eigenvalue weighted by atomic mass is 9.81. The molecule has 13 heteroatoms. The second kappa shape index (κ2) is 12.6. The van der Waals surface area contributed by atoms with Crippen LogP contribution >= 0.6 is 0 Å². The maximum Gasteiger partial charge on any atom is 0.401 e.